The predicted molar refractivity (Wildman–Crippen MR) is 106 cm³/mol. The number of hydrogen-bond acceptors (Lipinski definition) is 6. The average molecular weight is 457 g/mol. The van der Waals surface area contributed by atoms with Crippen molar-refractivity contribution in [1.29, 1.82) is 0 Å². The van der Waals surface area contributed by atoms with Gasteiger partial charge < -0.3 is 9.73 Å². The number of non-ortho nitro benzene ring substituents is 1. The van der Waals surface area contributed by atoms with Gasteiger partial charge >= 0.3 is 0 Å². The van der Waals surface area contributed by atoms with Gasteiger partial charge in [0.2, 0.25) is 0 Å². The maximum Gasteiger partial charge on any atom is 0.276 e. The Bertz CT molecular complexity index is 1100. The highest BCUT2D eigenvalue weighted by Gasteiger charge is 2.36. The average Bonchev–Trinajstić information content (AvgIpc) is 3.25. The maximum atomic E-state index is 13.1. The van der Waals surface area contributed by atoms with Crippen LogP contribution in [0.2, 0.25) is 0 Å². The number of hydrazine groups is 1. The third-order valence-corrected chi connectivity index (χ3v) is 4.85. The van der Waals surface area contributed by atoms with Gasteiger partial charge in [0.1, 0.15) is 5.76 Å². The number of halogens is 1. The summed E-state index contributed by atoms with van der Waals surface area (Å²) in [7, 11) is 0. The van der Waals surface area contributed by atoms with Crippen LogP contribution in [-0.4, -0.2) is 21.7 Å². The molecule has 2 heterocycles. The fourth-order valence-electron chi connectivity index (χ4n) is 2.95. The first-order valence-electron chi connectivity index (χ1n) is 8.42. The van der Waals surface area contributed by atoms with Crippen molar-refractivity contribution < 1.29 is 18.9 Å². The summed E-state index contributed by atoms with van der Waals surface area (Å²) in [5, 5.41) is 15.1. The SMILES string of the molecule is O=C(NN1C(=O)c2cc(Br)ccc2NC1c1ccco1)c1ccc([N+](=O)[O-])cc1. The molecule has 0 bridgehead atoms. The lowest BCUT2D eigenvalue weighted by Gasteiger charge is -2.36. The number of anilines is 1. The van der Waals surface area contributed by atoms with E-state index in [9.17, 15) is 19.7 Å². The van der Waals surface area contributed by atoms with Crippen LogP contribution in [0.5, 0.6) is 0 Å². The smallest absolute Gasteiger partial charge is 0.276 e. The molecule has 2 aromatic carbocycles. The molecular formula is C19H13BrN4O5. The summed E-state index contributed by atoms with van der Waals surface area (Å²) in [5.41, 5.74) is 3.57. The Kier molecular flexibility index (Phi) is 4.77. The summed E-state index contributed by atoms with van der Waals surface area (Å²) in [6.45, 7) is 0. The van der Waals surface area contributed by atoms with E-state index in [4.69, 9.17) is 4.42 Å². The number of nitro groups is 1. The molecule has 0 aliphatic carbocycles. The molecule has 2 amide bonds. The van der Waals surface area contributed by atoms with Crippen LogP contribution in [0.3, 0.4) is 0 Å². The number of nitrogens with one attached hydrogen (secondary N) is 2. The Morgan fingerprint density at radius 2 is 1.97 bits per heavy atom. The van der Waals surface area contributed by atoms with Crippen molar-refractivity contribution in [3.8, 4) is 0 Å². The Labute approximate surface area is 172 Å². The van der Waals surface area contributed by atoms with Gasteiger partial charge in [0.15, 0.2) is 6.17 Å². The number of benzene rings is 2. The van der Waals surface area contributed by atoms with Crippen LogP contribution >= 0.6 is 15.9 Å². The minimum atomic E-state index is -0.770. The van der Waals surface area contributed by atoms with Crippen molar-refractivity contribution >= 4 is 39.1 Å². The highest BCUT2D eigenvalue weighted by atomic mass is 79.9. The van der Waals surface area contributed by atoms with Gasteiger partial charge in [-0.25, -0.2) is 5.01 Å². The molecule has 9 nitrogen and oxygen atoms in total. The lowest BCUT2D eigenvalue weighted by Crippen LogP contribution is -2.52. The fraction of sp³-hybridized carbons (Fsp3) is 0.0526. The molecule has 2 N–H and O–H groups in total. The molecule has 0 saturated carbocycles. The normalized spacial score (nSPS) is 15.4. The molecule has 1 unspecified atom stereocenters. The number of carbonyl (C=O) groups excluding carboxylic acids is 2. The second-order valence-corrected chi connectivity index (χ2v) is 7.09. The highest BCUT2D eigenvalue weighted by Crippen LogP contribution is 2.33. The van der Waals surface area contributed by atoms with Gasteiger partial charge in [-0.05, 0) is 42.5 Å². The minimum Gasteiger partial charge on any atom is -0.465 e. The van der Waals surface area contributed by atoms with Gasteiger partial charge in [0.25, 0.3) is 17.5 Å². The van der Waals surface area contributed by atoms with E-state index in [-0.39, 0.29) is 11.3 Å². The van der Waals surface area contributed by atoms with Crippen molar-refractivity contribution in [3.63, 3.8) is 0 Å². The third-order valence-electron chi connectivity index (χ3n) is 4.36. The van der Waals surface area contributed by atoms with Crippen LogP contribution in [0, 0.1) is 10.1 Å². The third kappa shape index (κ3) is 3.57. The molecule has 0 fully saturated rings. The number of amides is 2. The number of carbonyl (C=O) groups is 2. The minimum absolute atomic E-state index is 0.135. The Morgan fingerprint density at radius 1 is 1.21 bits per heavy atom. The van der Waals surface area contributed by atoms with Crippen LogP contribution in [-0.2, 0) is 0 Å². The van der Waals surface area contributed by atoms with Gasteiger partial charge in [0.05, 0.1) is 16.7 Å². The van der Waals surface area contributed by atoms with Gasteiger partial charge in [-0.3, -0.25) is 25.1 Å². The largest absolute Gasteiger partial charge is 0.465 e. The molecule has 10 heteroatoms. The molecule has 146 valence electrons. The first-order valence-corrected chi connectivity index (χ1v) is 9.22. The van der Waals surface area contributed by atoms with E-state index in [1.54, 1.807) is 30.3 Å². The molecule has 0 saturated heterocycles. The maximum absolute atomic E-state index is 13.1. The standard InChI is InChI=1S/C19H13BrN4O5/c20-12-5-8-15-14(10-12)19(26)23(17(21-15)16-2-1-9-29-16)22-18(25)11-3-6-13(7-4-11)24(27)28/h1-10,17,21H,(H,22,25). The van der Waals surface area contributed by atoms with E-state index < -0.39 is 22.9 Å². The molecule has 1 aliphatic rings. The lowest BCUT2D eigenvalue weighted by molar-refractivity contribution is -0.384. The number of rotatable bonds is 4. The second-order valence-electron chi connectivity index (χ2n) is 6.17. The summed E-state index contributed by atoms with van der Waals surface area (Å²) >= 11 is 3.34. The summed E-state index contributed by atoms with van der Waals surface area (Å²) in [6.07, 6.45) is 0.697. The molecule has 1 aliphatic heterocycles. The summed E-state index contributed by atoms with van der Waals surface area (Å²) in [6, 6.07) is 13.6. The van der Waals surface area contributed by atoms with E-state index in [0.29, 0.717) is 21.5 Å². The first-order chi connectivity index (χ1) is 13.9. The highest BCUT2D eigenvalue weighted by molar-refractivity contribution is 9.10. The predicted octanol–water partition coefficient (Wildman–Crippen LogP) is 3.86. The van der Waals surface area contributed by atoms with Crippen molar-refractivity contribution in [1.82, 2.24) is 10.4 Å². The van der Waals surface area contributed by atoms with E-state index in [1.807, 2.05) is 0 Å². The van der Waals surface area contributed by atoms with Gasteiger partial charge in [-0.1, -0.05) is 15.9 Å². The zero-order valence-corrected chi connectivity index (χ0v) is 16.3. The van der Waals surface area contributed by atoms with Crippen LogP contribution in [0.1, 0.15) is 32.6 Å². The zero-order valence-electron chi connectivity index (χ0n) is 14.7. The number of fused-ring (bicyclic) bond motifs is 1. The topological polar surface area (TPSA) is 118 Å². The molecule has 3 aromatic rings. The zero-order chi connectivity index (χ0) is 20.5. The Morgan fingerprint density at radius 3 is 2.62 bits per heavy atom. The number of nitro benzene ring substituents is 1. The Balaban J connectivity index is 1.66. The monoisotopic (exact) mass is 456 g/mol. The van der Waals surface area contributed by atoms with E-state index in [2.05, 4.69) is 26.7 Å². The van der Waals surface area contributed by atoms with Crippen molar-refractivity contribution in [2.24, 2.45) is 0 Å². The summed E-state index contributed by atoms with van der Waals surface area (Å²) < 4.78 is 6.14. The Hall–Kier alpha value is -3.66. The van der Waals surface area contributed by atoms with Crippen molar-refractivity contribution in [3.05, 3.63) is 92.3 Å². The second kappa shape index (κ2) is 7.40. The molecule has 0 radical (unpaired) electrons. The number of furan rings is 1. The number of hydrogen-bond donors (Lipinski definition) is 2. The van der Waals surface area contributed by atoms with Crippen molar-refractivity contribution in [2.45, 2.75) is 6.17 Å². The van der Waals surface area contributed by atoms with E-state index >= 15 is 0 Å². The first kappa shape index (κ1) is 18.7. The van der Waals surface area contributed by atoms with Gasteiger partial charge in [-0.2, -0.15) is 0 Å². The van der Waals surface area contributed by atoms with E-state index in [1.165, 1.54) is 30.5 Å². The quantitative estimate of drug-likeness (QED) is 0.454. The van der Waals surface area contributed by atoms with Crippen molar-refractivity contribution in [2.75, 3.05) is 5.32 Å². The molecule has 0 spiro atoms. The molecule has 29 heavy (non-hydrogen) atoms. The lowest BCUT2D eigenvalue weighted by atomic mass is 10.1. The van der Waals surface area contributed by atoms with Gasteiger partial charge in [0, 0.05) is 27.9 Å². The van der Waals surface area contributed by atoms with Crippen LogP contribution < -0.4 is 10.7 Å². The number of nitrogens with zero attached hydrogens (tertiary/aromatic N) is 2. The molecule has 4 rings (SSSR count). The van der Waals surface area contributed by atoms with Crippen LogP contribution in [0.25, 0.3) is 0 Å². The molecular weight excluding hydrogens is 444 g/mol. The van der Waals surface area contributed by atoms with Crippen LogP contribution in [0.15, 0.2) is 69.8 Å². The fourth-order valence-corrected chi connectivity index (χ4v) is 3.31. The molecule has 1 aromatic heterocycles. The summed E-state index contributed by atoms with van der Waals surface area (Å²) in [5.74, 6) is -0.599. The summed E-state index contributed by atoms with van der Waals surface area (Å²) in [4.78, 5) is 36.0. The van der Waals surface area contributed by atoms with E-state index in [0.717, 1.165) is 5.01 Å². The van der Waals surface area contributed by atoms with Crippen LogP contribution in [0.4, 0.5) is 11.4 Å². The molecule has 1 atom stereocenters. The van der Waals surface area contributed by atoms with Gasteiger partial charge in [-0.15, -0.1) is 0 Å².